The summed E-state index contributed by atoms with van der Waals surface area (Å²) >= 11 is 0. The number of carbonyl (C=O) groups is 1. The molecule has 170 valence electrons. The predicted octanol–water partition coefficient (Wildman–Crippen LogP) is 4.69. The molecule has 0 bridgehead atoms. The third-order valence-electron chi connectivity index (χ3n) is 7.50. The van der Waals surface area contributed by atoms with Gasteiger partial charge in [-0.05, 0) is 69.2 Å². The molecule has 6 nitrogen and oxygen atoms in total. The number of carbonyl (C=O) groups excluding carboxylic acids is 1. The maximum Gasteiger partial charge on any atom is 0.228 e. The second-order valence-electron chi connectivity index (χ2n) is 9.77. The fourth-order valence-electron chi connectivity index (χ4n) is 5.71. The molecular formula is C26H34N4O2. The van der Waals surface area contributed by atoms with E-state index in [0.717, 1.165) is 61.8 Å². The van der Waals surface area contributed by atoms with Crippen molar-refractivity contribution in [2.45, 2.75) is 77.3 Å². The molecule has 2 aliphatic heterocycles. The number of anilines is 1. The second-order valence-corrected chi connectivity index (χ2v) is 9.77. The molecule has 3 heterocycles. The van der Waals surface area contributed by atoms with Gasteiger partial charge in [0.15, 0.2) is 0 Å². The zero-order chi connectivity index (χ0) is 22.1. The van der Waals surface area contributed by atoms with Gasteiger partial charge in [0.1, 0.15) is 17.4 Å². The van der Waals surface area contributed by atoms with Gasteiger partial charge in [-0.25, -0.2) is 9.97 Å². The van der Waals surface area contributed by atoms with Crippen molar-refractivity contribution in [2.24, 2.45) is 5.92 Å². The minimum absolute atomic E-state index is 0.168. The van der Waals surface area contributed by atoms with Crippen molar-refractivity contribution in [1.29, 1.82) is 0 Å². The molecule has 1 saturated carbocycles. The van der Waals surface area contributed by atoms with Gasteiger partial charge in [-0.3, -0.25) is 14.6 Å². The van der Waals surface area contributed by atoms with Crippen LogP contribution in [0.3, 0.4) is 0 Å². The van der Waals surface area contributed by atoms with Gasteiger partial charge in [0.2, 0.25) is 5.91 Å². The van der Waals surface area contributed by atoms with Crippen LogP contribution < -0.4 is 4.90 Å². The van der Waals surface area contributed by atoms with Crippen molar-refractivity contribution in [2.75, 3.05) is 18.0 Å². The number of likely N-dealkylation sites (tertiary alicyclic amines) is 1. The first kappa shape index (κ1) is 21.4. The molecule has 0 radical (unpaired) electrons. The zero-order valence-corrected chi connectivity index (χ0v) is 19.1. The number of rotatable bonds is 5. The molecule has 1 aliphatic carbocycles. The first-order valence-electron chi connectivity index (χ1n) is 12.3. The minimum Gasteiger partial charge on any atom is -0.508 e. The smallest absolute Gasteiger partial charge is 0.228 e. The summed E-state index contributed by atoms with van der Waals surface area (Å²) in [7, 11) is 0. The Morgan fingerprint density at radius 1 is 1.00 bits per heavy atom. The third-order valence-corrected chi connectivity index (χ3v) is 7.50. The normalized spacial score (nSPS) is 22.3. The molecule has 5 rings (SSSR count). The first-order chi connectivity index (χ1) is 15.6. The van der Waals surface area contributed by atoms with Gasteiger partial charge >= 0.3 is 0 Å². The Labute approximate surface area is 190 Å². The van der Waals surface area contributed by atoms with Crippen LogP contribution in [0.4, 0.5) is 5.82 Å². The summed E-state index contributed by atoms with van der Waals surface area (Å²) in [5.41, 5.74) is 3.37. The molecular weight excluding hydrogens is 400 g/mol. The van der Waals surface area contributed by atoms with Crippen LogP contribution in [0.1, 0.15) is 80.1 Å². The van der Waals surface area contributed by atoms with Crippen LogP contribution in [-0.4, -0.2) is 39.0 Å². The highest BCUT2D eigenvalue weighted by atomic mass is 16.3. The van der Waals surface area contributed by atoms with E-state index < -0.39 is 0 Å². The number of hydrogen-bond acceptors (Lipinski definition) is 5. The second kappa shape index (κ2) is 9.18. The monoisotopic (exact) mass is 434 g/mol. The Balaban J connectivity index is 1.41. The van der Waals surface area contributed by atoms with E-state index in [1.807, 2.05) is 17.0 Å². The Morgan fingerprint density at radius 3 is 2.56 bits per heavy atom. The van der Waals surface area contributed by atoms with Gasteiger partial charge in [0.25, 0.3) is 0 Å². The lowest BCUT2D eigenvalue weighted by Crippen LogP contribution is -2.40. The lowest BCUT2D eigenvalue weighted by molar-refractivity contribution is -0.119. The molecule has 1 N–H and O–H groups in total. The fraction of sp³-hybridized carbons (Fsp3) is 0.577. The highest BCUT2D eigenvalue weighted by Crippen LogP contribution is 2.36. The number of aryl methyl sites for hydroxylation is 1. The predicted molar refractivity (Wildman–Crippen MR) is 125 cm³/mol. The van der Waals surface area contributed by atoms with Crippen LogP contribution in [0, 0.1) is 12.8 Å². The SMILES string of the molecule is Cc1nc(C2CCCN2Cc2ccc(O)cc2)nc2c1CCC(=O)N2CC1CCCCC1. The molecule has 1 atom stereocenters. The van der Waals surface area contributed by atoms with Crippen LogP contribution in [0.2, 0.25) is 0 Å². The maximum absolute atomic E-state index is 12.9. The maximum atomic E-state index is 12.9. The number of benzene rings is 1. The quantitative estimate of drug-likeness (QED) is 0.739. The Hall–Kier alpha value is -2.47. The van der Waals surface area contributed by atoms with Crippen molar-refractivity contribution in [3.63, 3.8) is 0 Å². The average Bonchev–Trinajstić information content (AvgIpc) is 3.26. The van der Waals surface area contributed by atoms with Gasteiger partial charge in [0, 0.05) is 30.8 Å². The van der Waals surface area contributed by atoms with E-state index in [1.165, 1.54) is 37.7 Å². The summed E-state index contributed by atoms with van der Waals surface area (Å²) in [6, 6.07) is 7.62. The molecule has 1 aromatic carbocycles. The van der Waals surface area contributed by atoms with Crippen LogP contribution in [-0.2, 0) is 17.8 Å². The average molecular weight is 435 g/mol. The van der Waals surface area contributed by atoms with Crippen LogP contribution in [0.25, 0.3) is 0 Å². The Bertz CT molecular complexity index is 969. The molecule has 2 aromatic rings. The molecule has 32 heavy (non-hydrogen) atoms. The standard InChI is InChI=1S/C26H34N4O2/c1-18-22-13-14-24(32)30(17-19-6-3-2-4-7-19)26(22)28-25(27-18)23-8-5-15-29(23)16-20-9-11-21(31)12-10-20/h9-12,19,23,31H,2-8,13-17H2,1H3. The number of fused-ring (bicyclic) bond motifs is 1. The number of amides is 1. The van der Waals surface area contributed by atoms with E-state index >= 15 is 0 Å². The van der Waals surface area contributed by atoms with E-state index in [9.17, 15) is 9.90 Å². The third kappa shape index (κ3) is 4.38. The number of phenolic OH excluding ortho intramolecular Hbond substituents is 1. The van der Waals surface area contributed by atoms with E-state index in [2.05, 4.69) is 11.8 Å². The van der Waals surface area contributed by atoms with E-state index in [0.29, 0.717) is 18.1 Å². The Morgan fingerprint density at radius 2 is 1.78 bits per heavy atom. The summed E-state index contributed by atoms with van der Waals surface area (Å²) < 4.78 is 0. The Kier molecular flexibility index (Phi) is 6.13. The summed E-state index contributed by atoms with van der Waals surface area (Å²) in [5, 5.41) is 9.59. The number of phenols is 1. The van der Waals surface area contributed by atoms with E-state index in [1.54, 1.807) is 12.1 Å². The summed E-state index contributed by atoms with van der Waals surface area (Å²) in [6.07, 6.45) is 9.80. The highest BCUT2D eigenvalue weighted by molar-refractivity contribution is 5.95. The molecule has 3 aliphatic rings. The van der Waals surface area contributed by atoms with Crippen molar-refractivity contribution >= 4 is 11.7 Å². The minimum atomic E-state index is 0.168. The molecule has 1 amide bonds. The number of aromatic hydroxyl groups is 1. The van der Waals surface area contributed by atoms with Gasteiger partial charge < -0.3 is 5.11 Å². The van der Waals surface area contributed by atoms with Crippen molar-refractivity contribution in [1.82, 2.24) is 14.9 Å². The highest BCUT2D eigenvalue weighted by Gasteiger charge is 2.34. The lowest BCUT2D eigenvalue weighted by Gasteiger charge is -2.34. The van der Waals surface area contributed by atoms with Gasteiger partial charge in [-0.15, -0.1) is 0 Å². The lowest BCUT2D eigenvalue weighted by atomic mass is 9.88. The van der Waals surface area contributed by atoms with Crippen LogP contribution in [0.15, 0.2) is 24.3 Å². The van der Waals surface area contributed by atoms with Crippen molar-refractivity contribution in [3.05, 3.63) is 46.9 Å². The number of nitrogens with zero attached hydrogens (tertiary/aromatic N) is 4. The topological polar surface area (TPSA) is 69.6 Å². The fourth-order valence-corrected chi connectivity index (χ4v) is 5.71. The molecule has 1 saturated heterocycles. The van der Waals surface area contributed by atoms with Gasteiger partial charge in [-0.1, -0.05) is 31.4 Å². The first-order valence-corrected chi connectivity index (χ1v) is 12.3. The van der Waals surface area contributed by atoms with Crippen LogP contribution in [0.5, 0.6) is 5.75 Å². The summed E-state index contributed by atoms with van der Waals surface area (Å²) in [6.45, 7) is 4.71. The number of hydrogen-bond donors (Lipinski definition) is 1. The molecule has 1 aromatic heterocycles. The summed E-state index contributed by atoms with van der Waals surface area (Å²) in [5.74, 6) is 2.85. The summed E-state index contributed by atoms with van der Waals surface area (Å²) in [4.78, 5) is 27.4. The molecule has 2 fully saturated rings. The number of aromatic nitrogens is 2. The zero-order valence-electron chi connectivity index (χ0n) is 19.1. The largest absolute Gasteiger partial charge is 0.508 e. The van der Waals surface area contributed by atoms with E-state index in [4.69, 9.17) is 9.97 Å². The van der Waals surface area contributed by atoms with E-state index in [-0.39, 0.29) is 11.9 Å². The van der Waals surface area contributed by atoms with Crippen LogP contribution >= 0.6 is 0 Å². The molecule has 0 spiro atoms. The van der Waals surface area contributed by atoms with Crippen molar-refractivity contribution < 1.29 is 9.90 Å². The van der Waals surface area contributed by atoms with Crippen molar-refractivity contribution in [3.8, 4) is 5.75 Å². The molecule has 6 heteroatoms. The molecule has 1 unspecified atom stereocenters. The van der Waals surface area contributed by atoms with Gasteiger partial charge in [-0.2, -0.15) is 0 Å². The van der Waals surface area contributed by atoms with Gasteiger partial charge in [0.05, 0.1) is 6.04 Å².